The lowest BCUT2D eigenvalue weighted by Gasteiger charge is -2.05. The summed E-state index contributed by atoms with van der Waals surface area (Å²) in [6.45, 7) is 4.51. The van der Waals surface area contributed by atoms with E-state index in [2.05, 4.69) is 10.1 Å². The van der Waals surface area contributed by atoms with E-state index >= 15 is 0 Å². The number of carbonyl (C=O) groups excluding carboxylic acids is 1. The lowest BCUT2D eigenvalue weighted by atomic mass is 10.1. The third-order valence-corrected chi connectivity index (χ3v) is 3.42. The first-order valence-electron chi connectivity index (χ1n) is 5.69. The van der Waals surface area contributed by atoms with Crippen molar-refractivity contribution in [1.82, 2.24) is 14.8 Å². The van der Waals surface area contributed by atoms with Crippen molar-refractivity contribution in [2.75, 3.05) is 7.11 Å². The molecule has 0 unspecified atom stereocenters. The van der Waals surface area contributed by atoms with Gasteiger partial charge in [0.1, 0.15) is 5.69 Å². The van der Waals surface area contributed by atoms with Gasteiger partial charge in [0.05, 0.1) is 30.4 Å². The number of aromatic nitrogens is 3. The summed E-state index contributed by atoms with van der Waals surface area (Å²) >= 11 is 1.55. The van der Waals surface area contributed by atoms with Gasteiger partial charge in [0.25, 0.3) is 0 Å². The molecule has 0 spiro atoms. The van der Waals surface area contributed by atoms with E-state index in [0.717, 1.165) is 10.7 Å². The molecule has 0 aliphatic heterocycles. The van der Waals surface area contributed by atoms with E-state index in [-0.39, 0.29) is 12.2 Å². The Balaban J connectivity index is 2.25. The SMILES string of the molecule is CCn1ncc(OC)c1C(=O)Cc1csc(C)n1. The first kappa shape index (κ1) is 12.8. The summed E-state index contributed by atoms with van der Waals surface area (Å²) in [6, 6.07) is 0. The van der Waals surface area contributed by atoms with Crippen LogP contribution in [-0.2, 0) is 13.0 Å². The third-order valence-electron chi connectivity index (χ3n) is 2.60. The van der Waals surface area contributed by atoms with Gasteiger partial charge in [-0.1, -0.05) is 0 Å². The van der Waals surface area contributed by atoms with Crippen molar-refractivity contribution in [2.45, 2.75) is 26.8 Å². The van der Waals surface area contributed by atoms with Crippen molar-refractivity contribution in [2.24, 2.45) is 0 Å². The molecule has 0 atom stereocenters. The quantitative estimate of drug-likeness (QED) is 0.777. The first-order chi connectivity index (χ1) is 8.65. The second-order valence-electron chi connectivity index (χ2n) is 3.84. The maximum Gasteiger partial charge on any atom is 0.190 e. The van der Waals surface area contributed by atoms with Crippen molar-refractivity contribution >= 4 is 17.1 Å². The fourth-order valence-corrected chi connectivity index (χ4v) is 2.39. The molecule has 0 amide bonds. The van der Waals surface area contributed by atoms with E-state index in [0.29, 0.717) is 18.0 Å². The van der Waals surface area contributed by atoms with Crippen LogP contribution < -0.4 is 4.74 Å². The lowest BCUT2D eigenvalue weighted by molar-refractivity contribution is 0.0979. The van der Waals surface area contributed by atoms with Gasteiger partial charge in [0.15, 0.2) is 11.5 Å². The molecule has 0 bridgehead atoms. The highest BCUT2D eigenvalue weighted by Gasteiger charge is 2.19. The van der Waals surface area contributed by atoms with Crippen LogP contribution in [0.3, 0.4) is 0 Å². The van der Waals surface area contributed by atoms with Gasteiger partial charge in [-0.25, -0.2) is 4.98 Å². The number of rotatable bonds is 5. The number of methoxy groups -OCH3 is 1. The van der Waals surface area contributed by atoms with E-state index in [4.69, 9.17) is 4.74 Å². The largest absolute Gasteiger partial charge is 0.493 e. The lowest BCUT2D eigenvalue weighted by Crippen LogP contribution is -2.13. The summed E-state index contributed by atoms with van der Waals surface area (Å²) in [5, 5.41) is 7.00. The highest BCUT2D eigenvalue weighted by Crippen LogP contribution is 2.20. The fraction of sp³-hybridized carbons (Fsp3) is 0.417. The molecule has 2 heterocycles. The third kappa shape index (κ3) is 2.43. The zero-order valence-corrected chi connectivity index (χ0v) is 11.5. The molecule has 0 aromatic carbocycles. The van der Waals surface area contributed by atoms with Gasteiger partial charge in [-0.3, -0.25) is 9.48 Å². The second kappa shape index (κ2) is 5.30. The van der Waals surface area contributed by atoms with Crippen LogP contribution in [0.5, 0.6) is 5.75 Å². The number of nitrogens with zero attached hydrogens (tertiary/aromatic N) is 3. The molecular formula is C12H15N3O2S. The van der Waals surface area contributed by atoms with Gasteiger partial charge in [-0.2, -0.15) is 5.10 Å². The minimum absolute atomic E-state index is 0.0171. The number of ketones is 1. The molecule has 0 saturated carbocycles. The Morgan fingerprint density at radius 3 is 2.89 bits per heavy atom. The Bertz CT molecular complexity index is 538. The Hall–Kier alpha value is -1.69. The Morgan fingerprint density at radius 1 is 1.56 bits per heavy atom. The molecular weight excluding hydrogens is 250 g/mol. The average Bonchev–Trinajstić information content (AvgIpc) is 2.94. The first-order valence-corrected chi connectivity index (χ1v) is 6.57. The topological polar surface area (TPSA) is 57.0 Å². The summed E-state index contributed by atoms with van der Waals surface area (Å²) in [4.78, 5) is 16.6. The summed E-state index contributed by atoms with van der Waals surface area (Å²) in [6.07, 6.45) is 1.86. The molecule has 2 aromatic rings. The zero-order chi connectivity index (χ0) is 13.1. The van der Waals surface area contributed by atoms with Gasteiger partial charge in [0, 0.05) is 11.9 Å². The predicted octanol–water partition coefficient (Wildman–Crippen LogP) is 2.10. The van der Waals surface area contributed by atoms with Crippen LogP contribution in [-0.4, -0.2) is 27.7 Å². The molecule has 0 N–H and O–H groups in total. The Labute approximate surface area is 109 Å². The molecule has 0 saturated heterocycles. The molecule has 5 nitrogen and oxygen atoms in total. The standard InChI is InChI=1S/C12H15N3O2S/c1-4-15-12(11(17-3)6-13-15)10(16)5-9-7-18-8(2)14-9/h6-7H,4-5H2,1-3H3. The number of thiazole rings is 1. The molecule has 0 aliphatic carbocycles. The van der Waals surface area contributed by atoms with Gasteiger partial charge in [-0.05, 0) is 13.8 Å². The Kier molecular flexibility index (Phi) is 3.76. The van der Waals surface area contributed by atoms with Crippen LogP contribution in [0.4, 0.5) is 0 Å². The summed E-state index contributed by atoms with van der Waals surface area (Å²) in [5.74, 6) is 0.505. The van der Waals surface area contributed by atoms with E-state index in [1.807, 2.05) is 19.2 Å². The number of hydrogen-bond acceptors (Lipinski definition) is 5. The van der Waals surface area contributed by atoms with E-state index in [1.165, 1.54) is 0 Å². The van der Waals surface area contributed by atoms with Gasteiger partial charge in [0.2, 0.25) is 0 Å². The minimum atomic E-state index is -0.0171. The molecule has 18 heavy (non-hydrogen) atoms. The molecule has 2 rings (SSSR count). The van der Waals surface area contributed by atoms with Crippen molar-refractivity contribution in [1.29, 1.82) is 0 Å². The van der Waals surface area contributed by atoms with Gasteiger partial charge >= 0.3 is 0 Å². The minimum Gasteiger partial charge on any atom is -0.493 e. The molecule has 0 fully saturated rings. The maximum absolute atomic E-state index is 12.3. The number of hydrogen-bond donors (Lipinski definition) is 0. The normalized spacial score (nSPS) is 10.6. The van der Waals surface area contributed by atoms with Gasteiger partial charge in [-0.15, -0.1) is 11.3 Å². The summed E-state index contributed by atoms with van der Waals surface area (Å²) in [5.41, 5.74) is 1.32. The van der Waals surface area contributed by atoms with Gasteiger partial charge < -0.3 is 4.74 Å². The number of ether oxygens (including phenoxy) is 1. The zero-order valence-electron chi connectivity index (χ0n) is 10.6. The van der Waals surface area contributed by atoms with Crippen LogP contribution >= 0.6 is 11.3 Å². The van der Waals surface area contributed by atoms with Crippen LogP contribution in [0.15, 0.2) is 11.6 Å². The van der Waals surface area contributed by atoms with Crippen LogP contribution in [0, 0.1) is 6.92 Å². The number of carbonyl (C=O) groups is 1. The molecule has 2 aromatic heterocycles. The smallest absolute Gasteiger partial charge is 0.190 e. The van der Waals surface area contributed by atoms with Crippen molar-refractivity contribution in [3.63, 3.8) is 0 Å². The maximum atomic E-state index is 12.3. The Morgan fingerprint density at radius 2 is 2.33 bits per heavy atom. The average molecular weight is 265 g/mol. The highest BCUT2D eigenvalue weighted by atomic mass is 32.1. The predicted molar refractivity (Wildman–Crippen MR) is 69.3 cm³/mol. The number of aryl methyl sites for hydroxylation is 2. The molecule has 0 radical (unpaired) electrons. The molecule has 6 heteroatoms. The monoisotopic (exact) mass is 265 g/mol. The van der Waals surface area contributed by atoms with E-state index < -0.39 is 0 Å². The fourth-order valence-electron chi connectivity index (χ4n) is 1.78. The van der Waals surface area contributed by atoms with Crippen LogP contribution in [0.25, 0.3) is 0 Å². The van der Waals surface area contributed by atoms with E-state index in [9.17, 15) is 4.79 Å². The van der Waals surface area contributed by atoms with Crippen molar-refractivity contribution in [3.8, 4) is 5.75 Å². The van der Waals surface area contributed by atoms with E-state index in [1.54, 1.807) is 29.3 Å². The highest BCUT2D eigenvalue weighted by molar-refractivity contribution is 7.09. The van der Waals surface area contributed by atoms with Crippen molar-refractivity contribution < 1.29 is 9.53 Å². The summed E-state index contributed by atoms with van der Waals surface area (Å²) < 4.78 is 6.82. The molecule has 96 valence electrons. The van der Waals surface area contributed by atoms with Crippen LogP contribution in [0.2, 0.25) is 0 Å². The number of Topliss-reactive ketones (excluding diaryl/α,β-unsaturated/α-hetero) is 1. The summed E-state index contributed by atoms with van der Waals surface area (Å²) in [7, 11) is 1.54. The van der Waals surface area contributed by atoms with Crippen LogP contribution in [0.1, 0.15) is 28.1 Å². The molecule has 0 aliphatic rings. The van der Waals surface area contributed by atoms with Crippen molar-refractivity contribution in [3.05, 3.63) is 28.0 Å². The second-order valence-corrected chi connectivity index (χ2v) is 4.90.